The van der Waals surface area contributed by atoms with Crippen molar-refractivity contribution in [3.8, 4) is 11.1 Å². The van der Waals surface area contributed by atoms with E-state index in [0.717, 1.165) is 27.1 Å². The Hall–Kier alpha value is -1.93. The molecule has 0 aliphatic carbocycles. The molecule has 0 spiro atoms. The monoisotopic (exact) mass is 257 g/mol. The second-order valence-corrected chi connectivity index (χ2v) is 4.52. The maximum Gasteiger partial charge on any atom is 0.104 e. The Balaban J connectivity index is 2.32. The molecule has 0 atom stereocenters. The Morgan fingerprint density at radius 1 is 1.06 bits per heavy atom. The van der Waals surface area contributed by atoms with Crippen LogP contribution in [0.1, 0.15) is 0 Å². The minimum atomic E-state index is 0.730. The van der Waals surface area contributed by atoms with Crippen LogP contribution in [0.15, 0.2) is 54.7 Å². The molecule has 0 aliphatic rings. The maximum atomic E-state index is 6.08. The van der Waals surface area contributed by atoms with Crippen molar-refractivity contribution in [2.24, 2.45) is 0 Å². The first-order valence-corrected chi connectivity index (χ1v) is 6.08. The molecule has 0 bridgehead atoms. The fraction of sp³-hybridized carbons (Fsp3) is 0.0667. The first-order chi connectivity index (χ1) is 8.79. The van der Waals surface area contributed by atoms with Crippen LogP contribution in [0.3, 0.4) is 0 Å². The van der Waals surface area contributed by atoms with E-state index in [9.17, 15) is 0 Å². The molecule has 3 aromatic rings. The van der Waals surface area contributed by atoms with Crippen molar-refractivity contribution < 1.29 is 4.84 Å². The zero-order valence-electron chi connectivity index (χ0n) is 9.93. The van der Waals surface area contributed by atoms with Crippen LogP contribution in [0.25, 0.3) is 22.0 Å². The Morgan fingerprint density at radius 3 is 2.56 bits per heavy atom. The van der Waals surface area contributed by atoms with Crippen LogP contribution in [0.4, 0.5) is 0 Å². The van der Waals surface area contributed by atoms with Gasteiger partial charge in [0.2, 0.25) is 0 Å². The van der Waals surface area contributed by atoms with E-state index >= 15 is 0 Å². The third-order valence-corrected chi connectivity index (χ3v) is 3.25. The highest BCUT2D eigenvalue weighted by atomic mass is 35.5. The van der Waals surface area contributed by atoms with Gasteiger partial charge in [-0.05, 0) is 23.8 Å². The van der Waals surface area contributed by atoms with Gasteiger partial charge in [0.25, 0.3) is 0 Å². The SMILES string of the molecule is COn1cc(-c2ccccc2)c2cc(Cl)ccc21. The molecule has 0 saturated carbocycles. The molecule has 90 valence electrons. The maximum absolute atomic E-state index is 6.08. The molecular weight excluding hydrogens is 246 g/mol. The van der Waals surface area contributed by atoms with Gasteiger partial charge in [0.15, 0.2) is 0 Å². The quantitative estimate of drug-likeness (QED) is 0.676. The van der Waals surface area contributed by atoms with E-state index in [0.29, 0.717) is 0 Å². The van der Waals surface area contributed by atoms with E-state index in [4.69, 9.17) is 16.4 Å². The highest BCUT2D eigenvalue weighted by molar-refractivity contribution is 6.31. The van der Waals surface area contributed by atoms with Gasteiger partial charge >= 0.3 is 0 Å². The highest BCUT2D eigenvalue weighted by Gasteiger charge is 2.10. The van der Waals surface area contributed by atoms with Crippen LogP contribution in [-0.4, -0.2) is 11.8 Å². The second kappa shape index (κ2) is 4.39. The van der Waals surface area contributed by atoms with Gasteiger partial charge in [-0.3, -0.25) is 0 Å². The number of nitrogens with zero attached hydrogens (tertiary/aromatic N) is 1. The predicted molar refractivity (Wildman–Crippen MR) is 74.9 cm³/mol. The lowest BCUT2D eigenvalue weighted by atomic mass is 10.1. The molecule has 18 heavy (non-hydrogen) atoms. The molecule has 0 amide bonds. The summed E-state index contributed by atoms with van der Waals surface area (Å²) in [4.78, 5) is 5.34. The predicted octanol–water partition coefficient (Wildman–Crippen LogP) is 4.02. The van der Waals surface area contributed by atoms with Gasteiger partial charge in [-0.2, -0.15) is 4.73 Å². The zero-order valence-corrected chi connectivity index (χ0v) is 10.7. The van der Waals surface area contributed by atoms with Crippen LogP contribution >= 0.6 is 11.6 Å². The largest absolute Gasteiger partial charge is 0.417 e. The molecular formula is C15H12ClNO. The minimum Gasteiger partial charge on any atom is -0.417 e. The number of aromatic nitrogens is 1. The number of benzene rings is 2. The van der Waals surface area contributed by atoms with E-state index in [1.165, 1.54) is 0 Å². The van der Waals surface area contributed by atoms with Crippen molar-refractivity contribution in [2.75, 3.05) is 7.11 Å². The molecule has 1 heterocycles. The smallest absolute Gasteiger partial charge is 0.104 e. The molecule has 1 aromatic heterocycles. The van der Waals surface area contributed by atoms with E-state index in [1.54, 1.807) is 11.8 Å². The third-order valence-electron chi connectivity index (χ3n) is 3.01. The number of halogens is 1. The Bertz CT molecular complexity index is 688. The summed E-state index contributed by atoms with van der Waals surface area (Å²) in [5, 5.41) is 1.82. The highest BCUT2D eigenvalue weighted by Crippen LogP contribution is 2.31. The van der Waals surface area contributed by atoms with Gasteiger partial charge in [0.05, 0.1) is 11.7 Å². The number of hydrogen-bond acceptors (Lipinski definition) is 1. The van der Waals surface area contributed by atoms with Gasteiger partial charge < -0.3 is 4.84 Å². The normalized spacial score (nSPS) is 10.8. The van der Waals surface area contributed by atoms with Crippen LogP contribution in [-0.2, 0) is 0 Å². The average molecular weight is 258 g/mol. The lowest BCUT2D eigenvalue weighted by molar-refractivity contribution is 0.179. The van der Waals surface area contributed by atoms with E-state index in [-0.39, 0.29) is 0 Å². The fourth-order valence-corrected chi connectivity index (χ4v) is 2.34. The molecule has 2 aromatic carbocycles. The summed E-state index contributed by atoms with van der Waals surface area (Å²) in [5.41, 5.74) is 3.29. The van der Waals surface area contributed by atoms with Crippen molar-refractivity contribution in [1.82, 2.24) is 4.73 Å². The number of fused-ring (bicyclic) bond motifs is 1. The molecule has 0 N–H and O–H groups in total. The van der Waals surface area contributed by atoms with Gasteiger partial charge in [0, 0.05) is 16.0 Å². The van der Waals surface area contributed by atoms with Crippen LogP contribution in [0, 0.1) is 0 Å². The zero-order chi connectivity index (χ0) is 12.5. The van der Waals surface area contributed by atoms with Crippen molar-refractivity contribution >= 4 is 22.5 Å². The van der Waals surface area contributed by atoms with Gasteiger partial charge in [-0.15, -0.1) is 0 Å². The molecule has 0 saturated heterocycles. The van der Waals surface area contributed by atoms with Crippen LogP contribution in [0.2, 0.25) is 5.02 Å². The fourth-order valence-electron chi connectivity index (χ4n) is 2.17. The Labute approximate surface area is 110 Å². The first-order valence-electron chi connectivity index (χ1n) is 5.70. The summed E-state index contributed by atoms with van der Waals surface area (Å²) in [6.45, 7) is 0. The van der Waals surface area contributed by atoms with E-state index in [1.807, 2.05) is 42.6 Å². The molecule has 2 nitrogen and oxygen atoms in total. The van der Waals surface area contributed by atoms with E-state index in [2.05, 4.69) is 12.1 Å². The molecule has 0 fully saturated rings. The number of rotatable bonds is 2. The van der Waals surface area contributed by atoms with Crippen molar-refractivity contribution in [3.05, 3.63) is 59.8 Å². The van der Waals surface area contributed by atoms with Gasteiger partial charge in [-0.25, -0.2) is 0 Å². The summed E-state index contributed by atoms with van der Waals surface area (Å²) in [6.07, 6.45) is 1.98. The molecule has 0 unspecified atom stereocenters. The summed E-state index contributed by atoms with van der Waals surface area (Å²) in [6, 6.07) is 16.0. The summed E-state index contributed by atoms with van der Waals surface area (Å²) < 4.78 is 1.76. The Kier molecular flexibility index (Phi) is 2.73. The molecule has 3 rings (SSSR count). The van der Waals surface area contributed by atoms with Crippen molar-refractivity contribution in [2.45, 2.75) is 0 Å². The van der Waals surface area contributed by atoms with Crippen molar-refractivity contribution in [3.63, 3.8) is 0 Å². The molecule has 0 radical (unpaired) electrons. The van der Waals surface area contributed by atoms with Gasteiger partial charge in [0.1, 0.15) is 7.11 Å². The first kappa shape index (κ1) is 11.2. The summed E-state index contributed by atoms with van der Waals surface area (Å²) in [7, 11) is 1.66. The minimum absolute atomic E-state index is 0.730. The van der Waals surface area contributed by atoms with Crippen LogP contribution < -0.4 is 4.84 Å². The Morgan fingerprint density at radius 2 is 1.83 bits per heavy atom. The van der Waals surface area contributed by atoms with E-state index < -0.39 is 0 Å². The average Bonchev–Trinajstić information content (AvgIpc) is 2.77. The van der Waals surface area contributed by atoms with Crippen LogP contribution in [0.5, 0.6) is 0 Å². The second-order valence-electron chi connectivity index (χ2n) is 4.08. The lowest BCUT2D eigenvalue weighted by Gasteiger charge is -2.00. The lowest BCUT2D eigenvalue weighted by Crippen LogP contribution is -2.02. The number of hydrogen-bond donors (Lipinski definition) is 0. The topological polar surface area (TPSA) is 14.2 Å². The third kappa shape index (κ3) is 1.75. The molecule has 3 heteroatoms. The molecule has 0 aliphatic heterocycles. The summed E-state index contributed by atoms with van der Waals surface area (Å²) in [5.74, 6) is 0. The van der Waals surface area contributed by atoms with Crippen molar-refractivity contribution in [1.29, 1.82) is 0 Å². The summed E-state index contributed by atoms with van der Waals surface area (Å²) >= 11 is 6.08. The standard InChI is InChI=1S/C15H12ClNO/c1-18-17-10-14(11-5-3-2-4-6-11)13-9-12(16)7-8-15(13)17/h2-10H,1H3. The van der Waals surface area contributed by atoms with Gasteiger partial charge in [-0.1, -0.05) is 41.9 Å².